The first kappa shape index (κ1) is 9.01. The number of halogens is 1. The second-order valence-electron chi connectivity index (χ2n) is 3.78. The Balaban J connectivity index is 2.46. The maximum absolute atomic E-state index is 4.05. The van der Waals surface area contributed by atoms with Crippen molar-refractivity contribution in [3.8, 4) is 0 Å². The Morgan fingerprint density at radius 1 is 1.54 bits per heavy atom. The molecule has 0 saturated carbocycles. The van der Waals surface area contributed by atoms with Gasteiger partial charge in [-0.3, -0.25) is 0 Å². The van der Waals surface area contributed by atoms with E-state index in [1.54, 1.807) is 0 Å². The molecule has 0 bridgehead atoms. The molecular formula is C12H13Br. The molecule has 0 nitrogen and oxygen atoms in total. The molecular weight excluding hydrogens is 224 g/mol. The van der Waals surface area contributed by atoms with Gasteiger partial charge in [-0.1, -0.05) is 34.1 Å². The van der Waals surface area contributed by atoms with Crippen molar-refractivity contribution in [3.05, 3.63) is 46.0 Å². The highest BCUT2D eigenvalue weighted by Crippen LogP contribution is 2.38. The third kappa shape index (κ3) is 1.58. The van der Waals surface area contributed by atoms with Crippen molar-refractivity contribution in [2.75, 3.05) is 0 Å². The summed E-state index contributed by atoms with van der Waals surface area (Å²) in [7, 11) is 0. The quantitative estimate of drug-likeness (QED) is 0.646. The van der Waals surface area contributed by atoms with Crippen molar-refractivity contribution in [1.82, 2.24) is 0 Å². The summed E-state index contributed by atoms with van der Waals surface area (Å²) in [6, 6.07) is 6.59. The van der Waals surface area contributed by atoms with E-state index >= 15 is 0 Å². The molecule has 13 heavy (non-hydrogen) atoms. The fourth-order valence-corrected chi connectivity index (χ4v) is 2.46. The van der Waals surface area contributed by atoms with Gasteiger partial charge in [0.1, 0.15) is 0 Å². The lowest BCUT2D eigenvalue weighted by Crippen LogP contribution is -1.93. The molecule has 1 atom stereocenters. The molecule has 1 unspecified atom stereocenters. The number of benzene rings is 1. The average Bonchev–Trinajstić information content (AvgIpc) is 2.46. The van der Waals surface area contributed by atoms with Crippen LogP contribution in [0.5, 0.6) is 0 Å². The topological polar surface area (TPSA) is 0 Å². The fourth-order valence-electron chi connectivity index (χ4n) is 2.09. The molecule has 1 aliphatic rings. The van der Waals surface area contributed by atoms with E-state index in [0.29, 0.717) is 5.92 Å². The van der Waals surface area contributed by atoms with E-state index in [1.807, 2.05) is 0 Å². The monoisotopic (exact) mass is 236 g/mol. The second kappa shape index (κ2) is 3.30. The summed E-state index contributed by atoms with van der Waals surface area (Å²) in [6.45, 7) is 6.18. The van der Waals surface area contributed by atoms with E-state index in [9.17, 15) is 0 Å². The maximum atomic E-state index is 4.05. The van der Waals surface area contributed by atoms with Crippen LogP contribution >= 0.6 is 15.9 Å². The zero-order chi connectivity index (χ0) is 9.42. The highest BCUT2D eigenvalue weighted by molar-refractivity contribution is 9.10. The van der Waals surface area contributed by atoms with E-state index in [-0.39, 0.29) is 0 Å². The van der Waals surface area contributed by atoms with Crippen LogP contribution in [0.25, 0.3) is 0 Å². The SMILES string of the molecule is C=C(C)C1CCc2ccc(Br)cc21. The van der Waals surface area contributed by atoms with Crippen molar-refractivity contribution in [3.63, 3.8) is 0 Å². The van der Waals surface area contributed by atoms with Gasteiger partial charge < -0.3 is 0 Å². The molecule has 1 aliphatic carbocycles. The highest BCUT2D eigenvalue weighted by atomic mass is 79.9. The standard InChI is InChI=1S/C12H13Br/c1-8(2)11-6-4-9-3-5-10(13)7-12(9)11/h3,5,7,11H,1,4,6H2,2H3. The van der Waals surface area contributed by atoms with Gasteiger partial charge in [0, 0.05) is 10.4 Å². The molecule has 1 aromatic carbocycles. The number of hydrogen-bond donors (Lipinski definition) is 0. The Hall–Kier alpha value is -0.560. The van der Waals surface area contributed by atoms with Crippen molar-refractivity contribution in [1.29, 1.82) is 0 Å². The van der Waals surface area contributed by atoms with Crippen molar-refractivity contribution in [2.45, 2.75) is 25.7 Å². The largest absolute Gasteiger partial charge is 0.0995 e. The Kier molecular flexibility index (Phi) is 2.29. The van der Waals surface area contributed by atoms with Gasteiger partial charge in [-0.15, -0.1) is 0 Å². The normalized spacial score (nSPS) is 20.0. The molecule has 0 heterocycles. The van der Waals surface area contributed by atoms with E-state index in [1.165, 1.54) is 34.0 Å². The molecule has 0 saturated heterocycles. The van der Waals surface area contributed by atoms with Gasteiger partial charge in [0.15, 0.2) is 0 Å². The predicted octanol–water partition coefficient (Wildman–Crippen LogP) is 4.06. The van der Waals surface area contributed by atoms with Crippen LogP contribution in [0.15, 0.2) is 34.8 Å². The van der Waals surface area contributed by atoms with Crippen molar-refractivity contribution < 1.29 is 0 Å². The smallest absolute Gasteiger partial charge is 0.0178 e. The van der Waals surface area contributed by atoms with E-state index in [4.69, 9.17) is 0 Å². The summed E-state index contributed by atoms with van der Waals surface area (Å²) in [5.74, 6) is 0.590. The summed E-state index contributed by atoms with van der Waals surface area (Å²) in [4.78, 5) is 0. The number of aryl methyl sites for hydroxylation is 1. The summed E-state index contributed by atoms with van der Waals surface area (Å²) < 4.78 is 1.18. The van der Waals surface area contributed by atoms with Crippen LogP contribution in [-0.2, 0) is 6.42 Å². The zero-order valence-corrected chi connectivity index (χ0v) is 9.39. The predicted molar refractivity (Wildman–Crippen MR) is 60.0 cm³/mol. The molecule has 2 rings (SSSR count). The average molecular weight is 237 g/mol. The van der Waals surface area contributed by atoms with E-state index < -0.39 is 0 Å². The number of rotatable bonds is 1. The van der Waals surface area contributed by atoms with Gasteiger partial charge >= 0.3 is 0 Å². The first-order valence-electron chi connectivity index (χ1n) is 4.62. The third-order valence-electron chi connectivity index (χ3n) is 2.78. The van der Waals surface area contributed by atoms with Crippen LogP contribution in [-0.4, -0.2) is 0 Å². The third-order valence-corrected chi connectivity index (χ3v) is 3.27. The molecule has 0 amide bonds. The molecule has 1 heteroatoms. The van der Waals surface area contributed by atoms with Gasteiger partial charge in [-0.25, -0.2) is 0 Å². The summed E-state index contributed by atoms with van der Waals surface area (Å²) in [5, 5.41) is 0. The second-order valence-corrected chi connectivity index (χ2v) is 4.70. The highest BCUT2D eigenvalue weighted by Gasteiger charge is 2.22. The molecule has 0 spiro atoms. The lowest BCUT2D eigenvalue weighted by molar-refractivity contribution is 0.774. The Labute approximate surface area is 87.8 Å². The molecule has 68 valence electrons. The fraction of sp³-hybridized carbons (Fsp3) is 0.333. The lowest BCUT2D eigenvalue weighted by Gasteiger charge is -2.10. The minimum absolute atomic E-state index is 0.590. The first-order valence-corrected chi connectivity index (χ1v) is 5.41. The zero-order valence-electron chi connectivity index (χ0n) is 7.81. The van der Waals surface area contributed by atoms with Crippen LogP contribution in [0.3, 0.4) is 0 Å². The molecule has 0 aliphatic heterocycles. The molecule has 0 N–H and O–H groups in total. The molecule has 0 fully saturated rings. The number of hydrogen-bond acceptors (Lipinski definition) is 0. The van der Waals surface area contributed by atoms with Crippen molar-refractivity contribution in [2.24, 2.45) is 0 Å². The van der Waals surface area contributed by atoms with Gasteiger partial charge in [0.25, 0.3) is 0 Å². The number of fused-ring (bicyclic) bond motifs is 1. The van der Waals surface area contributed by atoms with Crippen molar-refractivity contribution >= 4 is 15.9 Å². The molecule has 0 aromatic heterocycles. The summed E-state index contributed by atoms with van der Waals surface area (Å²) >= 11 is 3.51. The van der Waals surface area contributed by atoms with Crippen LogP contribution in [0, 0.1) is 0 Å². The van der Waals surface area contributed by atoms with E-state index in [2.05, 4.69) is 47.6 Å². The lowest BCUT2D eigenvalue weighted by atomic mass is 9.95. The summed E-state index contributed by atoms with van der Waals surface area (Å²) in [6.07, 6.45) is 2.45. The van der Waals surface area contributed by atoms with Gasteiger partial charge in [-0.05, 0) is 43.0 Å². The van der Waals surface area contributed by atoms with Gasteiger partial charge in [0.2, 0.25) is 0 Å². The van der Waals surface area contributed by atoms with Crippen LogP contribution in [0.2, 0.25) is 0 Å². The minimum Gasteiger partial charge on any atom is -0.0995 e. The van der Waals surface area contributed by atoms with Gasteiger partial charge in [0.05, 0.1) is 0 Å². The van der Waals surface area contributed by atoms with E-state index in [0.717, 1.165) is 0 Å². The van der Waals surface area contributed by atoms with Gasteiger partial charge in [-0.2, -0.15) is 0 Å². The Bertz CT molecular complexity index is 352. The van der Waals surface area contributed by atoms with Crippen LogP contribution in [0.1, 0.15) is 30.4 Å². The first-order chi connectivity index (χ1) is 6.18. The Morgan fingerprint density at radius 2 is 2.31 bits per heavy atom. The maximum Gasteiger partial charge on any atom is 0.0178 e. The van der Waals surface area contributed by atoms with Crippen LogP contribution < -0.4 is 0 Å². The molecule has 0 radical (unpaired) electrons. The molecule has 1 aromatic rings. The minimum atomic E-state index is 0.590. The van der Waals surface area contributed by atoms with Crippen LogP contribution in [0.4, 0.5) is 0 Å². The Morgan fingerprint density at radius 3 is 3.00 bits per heavy atom. The summed E-state index contributed by atoms with van der Waals surface area (Å²) in [5.41, 5.74) is 4.26. The number of allylic oxidation sites excluding steroid dienone is 1.